The highest BCUT2D eigenvalue weighted by molar-refractivity contribution is 6.74. The van der Waals surface area contributed by atoms with Gasteiger partial charge in [-0.2, -0.15) is 0 Å². The van der Waals surface area contributed by atoms with Crippen LogP contribution in [0.3, 0.4) is 0 Å². The van der Waals surface area contributed by atoms with Crippen LogP contribution >= 0.6 is 0 Å². The fourth-order valence-corrected chi connectivity index (χ4v) is 2.91. The first-order valence-corrected chi connectivity index (χ1v) is 8.72. The van der Waals surface area contributed by atoms with Crippen molar-refractivity contribution in [3.8, 4) is 0 Å². The third-order valence-electron chi connectivity index (χ3n) is 3.51. The van der Waals surface area contributed by atoms with Gasteiger partial charge in [0, 0.05) is 12.8 Å². The van der Waals surface area contributed by atoms with Crippen molar-refractivity contribution in [2.75, 3.05) is 0 Å². The summed E-state index contributed by atoms with van der Waals surface area (Å²) >= 11 is 0. The Hall–Kier alpha value is 0.0569. The summed E-state index contributed by atoms with van der Waals surface area (Å²) in [6.45, 7) is 10.9. The zero-order chi connectivity index (χ0) is 12.6. The van der Waals surface area contributed by atoms with Gasteiger partial charge < -0.3 is 19.4 Å². The van der Waals surface area contributed by atoms with Crippen LogP contribution in [0.15, 0.2) is 0 Å². The Bertz CT molecular complexity index is 227. The van der Waals surface area contributed by atoms with Gasteiger partial charge in [0.25, 0.3) is 0 Å². The van der Waals surface area contributed by atoms with Gasteiger partial charge >= 0.3 is 0 Å². The van der Waals surface area contributed by atoms with E-state index in [9.17, 15) is 10.2 Å². The van der Waals surface area contributed by atoms with Gasteiger partial charge in [-0.1, -0.05) is 20.8 Å². The average molecular weight is 248 g/mol. The first-order valence-electron chi connectivity index (χ1n) is 5.81. The zero-order valence-electron chi connectivity index (χ0n) is 10.9. The maximum Gasteiger partial charge on any atom is 0.192 e. The standard InChI is InChI=1S/C11H24O4Si/c1-11(2,3)16(4,5)15-8-6-9(12)14-10(13)7-8/h8-10,12-13H,6-7H2,1-5H3. The maximum absolute atomic E-state index is 9.40. The summed E-state index contributed by atoms with van der Waals surface area (Å²) < 4.78 is 11.0. The van der Waals surface area contributed by atoms with E-state index in [1.807, 2.05) is 0 Å². The molecule has 0 aromatic heterocycles. The van der Waals surface area contributed by atoms with Crippen molar-refractivity contribution < 1.29 is 19.4 Å². The van der Waals surface area contributed by atoms with Crippen LogP contribution in [0, 0.1) is 0 Å². The smallest absolute Gasteiger partial charge is 0.192 e. The number of rotatable bonds is 2. The molecule has 1 saturated heterocycles. The number of aliphatic hydroxyl groups is 2. The lowest BCUT2D eigenvalue weighted by atomic mass is 10.1. The largest absolute Gasteiger partial charge is 0.414 e. The molecule has 0 spiro atoms. The maximum atomic E-state index is 9.40. The minimum atomic E-state index is -1.83. The van der Waals surface area contributed by atoms with Crippen LogP contribution < -0.4 is 0 Å². The zero-order valence-corrected chi connectivity index (χ0v) is 11.9. The van der Waals surface area contributed by atoms with Crippen LogP contribution in [-0.4, -0.2) is 37.2 Å². The Balaban J connectivity index is 2.60. The van der Waals surface area contributed by atoms with E-state index in [1.165, 1.54) is 0 Å². The van der Waals surface area contributed by atoms with Crippen molar-refractivity contribution in [3.63, 3.8) is 0 Å². The van der Waals surface area contributed by atoms with E-state index in [0.717, 1.165) is 0 Å². The summed E-state index contributed by atoms with van der Waals surface area (Å²) in [6, 6.07) is 0. The molecule has 2 N–H and O–H groups in total. The second-order valence-corrected chi connectivity index (χ2v) is 10.8. The molecule has 0 aromatic rings. The summed E-state index contributed by atoms with van der Waals surface area (Å²) in [6.07, 6.45) is -1.01. The lowest BCUT2D eigenvalue weighted by molar-refractivity contribution is -0.250. The molecule has 0 bridgehead atoms. The molecule has 2 atom stereocenters. The molecule has 0 amide bonds. The van der Waals surface area contributed by atoms with Crippen molar-refractivity contribution in [3.05, 3.63) is 0 Å². The molecular weight excluding hydrogens is 224 g/mol. The van der Waals surface area contributed by atoms with Gasteiger partial charge in [0.15, 0.2) is 20.9 Å². The molecule has 2 unspecified atom stereocenters. The second-order valence-electron chi connectivity index (χ2n) is 6.02. The Labute approximate surface area is 98.7 Å². The molecule has 0 aromatic carbocycles. The molecule has 1 fully saturated rings. The first-order chi connectivity index (χ1) is 7.12. The van der Waals surface area contributed by atoms with Crippen molar-refractivity contribution in [2.24, 2.45) is 0 Å². The minimum absolute atomic E-state index is 0.0976. The Morgan fingerprint density at radius 1 is 1.12 bits per heavy atom. The van der Waals surface area contributed by atoms with Crippen molar-refractivity contribution in [2.45, 2.75) is 70.4 Å². The summed E-state index contributed by atoms with van der Waals surface area (Å²) in [7, 11) is -1.83. The molecular formula is C11H24O4Si. The minimum Gasteiger partial charge on any atom is -0.414 e. The molecule has 0 radical (unpaired) electrons. The van der Waals surface area contributed by atoms with Gasteiger partial charge in [0.1, 0.15) is 0 Å². The van der Waals surface area contributed by atoms with Crippen molar-refractivity contribution in [1.82, 2.24) is 0 Å². The highest BCUT2D eigenvalue weighted by Crippen LogP contribution is 2.38. The van der Waals surface area contributed by atoms with Crippen LogP contribution in [0.25, 0.3) is 0 Å². The van der Waals surface area contributed by atoms with Gasteiger partial charge in [-0.25, -0.2) is 0 Å². The highest BCUT2D eigenvalue weighted by atomic mass is 28.4. The molecule has 0 aliphatic carbocycles. The molecule has 16 heavy (non-hydrogen) atoms. The van der Waals surface area contributed by atoms with Gasteiger partial charge in [-0.3, -0.25) is 0 Å². The summed E-state index contributed by atoms with van der Waals surface area (Å²) in [5.41, 5.74) is 0. The van der Waals surface area contributed by atoms with E-state index in [4.69, 9.17) is 9.16 Å². The van der Waals surface area contributed by atoms with Crippen LogP contribution in [0.1, 0.15) is 33.6 Å². The quantitative estimate of drug-likeness (QED) is 0.732. The van der Waals surface area contributed by atoms with Crippen LogP contribution in [0.4, 0.5) is 0 Å². The lowest BCUT2D eigenvalue weighted by Gasteiger charge is -2.41. The molecule has 4 nitrogen and oxygen atoms in total. The number of hydrogen-bond acceptors (Lipinski definition) is 4. The van der Waals surface area contributed by atoms with Crippen LogP contribution in [0.2, 0.25) is 18.1 Å². The molecule has 1 aliphatic heterocycles. The SMILES string of the molecule is CC(C)(C)[Si](C)(C)OC1CC(O)OC(O)C1. The Kier molecular flexibility index (Phi) is 4.18. The monoisotopic (exact) mass is 248 g/mol. The second kappa shape index (κ2) is 4.74. The summed E-state index contributed by atoms with van der Waals surface area (Å²) in [5, 5.41) is 18.9. The molecule has 0 saturated carbocycles. The molecule has 1 aliphatic rings. The summed E-state index contributed by atoms with van der Waals surface area (Å²) in [4.78, 5) is 0. The number of hydrogen-bond donors (Lipinski definition) is 2. The molecule has 1 rings (SSSR count). The van der Waals surface area contributed by atoms with Crippen LogP contribution in [-0.2, 0) is 9.16 Å². The highest BCUT2D eigenvalue weighted by Gasteiger charge is 2.41. The van der Waals surface area contributed by atoms with Crippen molar-refractivity contribution in [1.29, 1.82) is 0 Å². The molecule has 1 heterocycles. The fourth-order valence-electron chi connectivity index (χ4n) is 1.53. The van der Waals surface area contributed by atoms with E-state index >= 15 is 0 Å². The topological polar surface area (TPSA) is 58.9 Å². The first kappa shape index (κ1) is 14.1. The Morgan fingerprint density at radius 3 is 1.94 bits per heavy atom. The van der Waals surface area contributed by atoms with Crippen LogP contribution in [0.5, 0.6) is 0 Å². The van der Waals surface area contributed by atoms with Gasteiger partial charge in [-0.05, 0) is 18.1 Å². The van der Waals surface area contributed by atoms with Gasteiger partial charge in [0.2, 0.25) is 0 Å². The Morgan fingerprint density at radius 2 is 1.56 bits per heavy atom. The van der Waals surface area contributed by atoms with E-state index in [0.29, 0.717) is 12.8 Å². The lowest BCUT2D eigenvalue weighted by Crippen LogP contribution is -2.47. The van der Waals surface area contributed by atoms with E-state index in [-0.39, 0.29) is 11.1 Å². The normalized spacial score (nSPS) is 32.8. The molecule has 5 heteroatoms. The third kappa shape index (κ3) is 3.53. The number of aliphatic hydroxyl groups excluding tert-OH is 2. The average Bonchev–Trinajstić information content (AvgIpc) is 1.97. The van der Waals surface area contributed by atoms with E-state index in [2.05, 4.69) is 33.9 Å². The van der Waals surface area contributed by atoms with Crippen molar-refractivity contribution >= 4 is 8.32 Å². The predicted octanol–water partition coefficient (Wildman–Crippen LogP) is 1.82. The summed E-state index contributed by atoms with van der Waals surface area (Å²) in [5.74, 6) is 0. The van der Waals surface area contributed by atoms with Gasteiger partial charge in [0.05, 0.1) is 6.10 Å². The fraction of sp³-hybridized carbons (Fsp3) is 1.00. The predicted molar refractivity (Wildman–Crippen MR) is 64.4 cm³/mol. The van der Waals surface area contributed by atoms with E-state index in [1.54, 1.807) is 0 Å². The number of ether oxygens (including phenoxy) is 1. The molecule has 96 valence electrons. The van der Waals surface area contributed by atoms with Gasteiger partial charge in [-0.15, -0.1) is 0 Å². The third-order valence-corrected chi connectivity index (χ3v) is 8.05. The van der Waals surface area contributed by atoms with E-state index < -0.39 is 20.9 Å².